The second-order valence-corrected chi connectivity index (χ2v) is 14.5. The summed E-state index contributed by atoms with van der Waals surface area (Å²) < 4.78 is 15.2. The van der Waals surface area contributed by atoms with Gasteiger partial charge in [0.25, 0.3) is 0 Å². The highest BCUT2D eigenvalue weighted by Crippen LogP contribution is 2.41. The fourth-order valence-corrected chi connectivity index (χ4v) is 8.56. The third-order valence-corrected chi connectivity index (χ3v) is 11.2. The maximum atomic E-state index is 6.56. The fourth-order valence-electron chi connectivity index (χ4n) is 8.56. The van der Waals surface area contributed by atoms with Crippen molar-refractivity contribution in [2.24, 2.45) is 0 Å². The number of aromatic nitrogens is 3. The van der Waals surface area contributed by atoms with Crippen LogP contribution in [-0.4, -0.2) is 14.5 Å². The SMILES string of the molecule is c1ccc(-c2ccc3c(c2)c2ccccc2n3-c2ccc3oc4cccc(-c5nc(-c6ccccc6)cc(-c6ccc7c(c6)oc6ccccc67)n5)c4c3c2)cc1. The number of hydrogen-bond donors (Lipinski definition) is 0. The Morgan fingerprint density at radius 1 is 0.351 bits per heavy atom. The Hall–Kier alpha value is -7.76. The molecule has 57 heavy (non-hydrogen) atoms. The van der Waals surface area contributed by atoms with Crippen molar-refractivity contribution in [1.29, 1.82) is 0 Å². The van der Waals surface area contributed by atoms with E-state index in [-0.39, 0.29) is 0 Å². The van der Waals surface area contributed by atoms with Crippen molar-refractivity contribution in [3.8, 4) is 50.7 Å². The molecule has 5 nitrogen and oxygen atoms in total. The molecular formula is C52H31N3O2. The van der Waals surface area contributed by atoms with Crippen LogP contribution in [0.2, 0.25) is 0 Å². The predicted molar refractivity (Wildman–Crippen MR) is 233 cm³/mol. The zero-order valence-electron chi connectivity index (χ0n) is 30.6. The van der Waals surface area contributed by atoms with Crippen LogP contribution in [0.25, 0.3) is 116 Å². The van der Waals surface area contributed by atoms with E-state index in [2.05, 4.69) is 144 Å². The van der Waals surface area contributed by atoms with E-state index in [1.807, 2.05) is 48.5 Å². The van der Waals surface area contributed by atoms with Gasteiger partial charge in [0.1, 0.15) is 22.3 Å². The summed E-state index contributed by atoms with van der Waals surface area (Å²) in [5.74, 6) is 0.625. The average molecular weight is 730 g/mol. The highest BCUT2D eigenvalue weighted by Gasteiger charge is 2.20. The molecule has 12 rings (SSSR count). The molecule has 4 heterocycles. The second-order valence-electron chi connectivity index (χ2n) is 14.5. The molecular weight excluding hydrogens is 699 g/mol. The van der Waals surface area contributed by atoms with Gasteiger partial charge in [-0.2, -0.15) is 0 Å². The van der Waals surface area contributed by atoms with E-state index in [1.165, 1.54) is 21.9 Å². The Labute approximate surface area is 326 Å². The molecule has 0 atom stereocenters. The van der Waals surface area contributed by atoms with Gasteiger partial charge in [0.15, 0.2) is 5.82 Å². The predicted octanol–water partition coefficient (Wildman–Crippen LogP) is 14.0. The Balaban J connectivity index is 1.06. The van der Waals surface area contributed by atoms with Gasteiger partial charge in [-0.05, 0) is 77.9 Å². The zero-order valence-corrected chi connectivity index (χ0v) is 30.6. The summed E-state index contributed by atoms with van der Waals surface area (Å²) in [6.45, 7) is 0. The number of furan rings is 2. The Kier molecular flexibility index (Phi) is 6.86. The molecule has 0 spiro atoms. The molecule has 0 saturated heterocycles. The van der Waals surface area contributed by atoms with Crippen molar-refractivity contribution in [3.05, 3.63) is 188 Å². The monoisotopic (exact) mass is 729 g/mol. The van der Waals surface area contributed by atoms with Gasteiger partial charge in [0.05, 0.1) is 22.4 Å². The van der Waals surface area contributed by atoms with E-state index >= 15 is 0 Å². The van der Waals surface area contributed by atoms with E-state index in [4.69, 9.17) is 18.8 Å². The minimum absolute atomic E-state index is 0.625. The van der Waals surface area contributed by atoms with Crippen LogP contribution in [0.4, 0.5) is 0 Å². The Morgan fingerprint density at radius 3 is 1.86 bits per heavy atom. The smallest absolute Gasteiger partial charge is 0.161 e. The first-order chi connectivity index (χ1) is 28.2. The number of fused-ring (bicyclic) bond motifs is 9. The van der Waals surface area contributed by atoms with Crippen molar-refractivity contribution in [3.63, 3.8) is 0 Å². The lowest BCUT2D eigenvalue weighted by atomic mass is 10.0. The molecule has 4 aromatic heterocycles. The number of rotatable bonds is 5. The van der Waals surface area contributed by atoms with Gasteiger partial charge in [0.2, 0.25) is 0 Å². The molecule has 266 valence electrons. The van der Waals surface area contributed by atoms with Crippen molar-refractivity contribution in [2.45, 2.75) is 0 Å². The van der Waals surface area contributed by atoms with Gasteiger partial charge in [-0.1, -0.05) is 121 Å². The van der Waals surface area contributed by atoms with Gasteiger partial charge >= 0.3 is 0 Å². The lowest BCUT2D eigenvalue weighted by Gasteiger charge is -2.11. The first-order valence-electron chi connectivity index (χ1n) is 19.1. The summed E-state index contributed by atoms with van der Waals surface area (Å²) >= 11 is 0. The molecule has 8 aromatic carbocycles. The second kappa shape index (κ2) is 12.4. The molecule has 0 saturated carbocycles. The van der Waals surface area contributed by atoms with Gasteiger partial charge in [-0.3, -0.25) is 0 Å². The van der Waals surface area contributed by atoms with Gasteiger partial charge in [0, 0.05) is 54.7 Å². The largest absolute Gasteiger partial charge is 0.456 e. The van der Waals surface area contributed by atoms with E-state index < -0.39 is 0 Å². The zero-order chi connectivity index (χ0) is 37.5. The van der Waals surface area contributed by atoms with Crippen molar-refractivity contribution in [1.82, 2.24) is 14.5 Å². The molecule has 0 aliphatic carbocycles. The molecule has 5 heteroatoms. The van der Waals surface area contributed by atoms with E-state index in [0.29, 0.717) is 5.82 Å². The van der Waals surface area contributed by atoms with Crippen LogP contribution in [0, 0.1) is 0 Å². The minimum atomic E-state index is 0.625. The van der Waals surface area contributed by atoms with Gasteiger partial charge in [-0.25, -0.2) is 9.97 Å². The van der Waals surface area contributed by atoms with E-state index in [1.54, 1.807) is 0 Å². The number of para-hydroxylation sites is 2. The third-order valence-electron chi connectivity index (χ3n) is 11.2. The standard InChI is InChI=1S/C52H31N3O2/c1-3-12-32(13-4-1)34-23-26-46-41(28-34)37-16-7-9-19-45(37)55(46)36-24-27-48-42(30-36)51-40(18-11-21-49(51)56-48)52-53-43(33-14-5-2-6-15-33)31-44(54-52)35-22-25-39-38-17-8-10-20-47(38)57-50(39)29-35/h1-31H. The fraction of sp³-hybridized carbons (Fsp3) is 0. The molecule has 12 aromatic rings. The third kappa shape index (κ3) is 5.03. The van der Waals surface area contributed by atoms with Gasteiger partial charge < -0.3 is 13.4 Å². The molecule has 0 radical (unpaired) electrons. The summed E-state index contributed by atoms with van der Waals surface area (Å²) in [5, 5.41) is 6.58. The first kappa shape index (κ1) is 31.6. The first-order valence-corrected chi connectivity index (χ1v) is 19.1. The van der Waals surface area contributed by atoms with Crippen molar-refractivity contribution in [2.75, 3.05) is 0 Å². The van der Waals surface area contributed by atoms with Crippen LogP contribution in [0.15, 0.2) is 197 Å². The van der Waals surface area contributed by atoms with Crippen LogP contribution in [0.5, 0.6) is 0 Å². The number of hydrogen-bond acceptors (Lipinski definition) is 4. The van der Waals surface area contributed by atoms with Gasteiger partial charge in [-0.15, -0.1) is 0 Å². The molecule has 0 bridgehead atoms. The molecule has 0 fully saturated rings. The maximum absolute atomic E-state index is 6.56. The van der Waals surface area contributed by atoms with Crippen LogP contribution < -0.4 is 0 Å². The summed E-state index contributed by atoms with van der Waals surface area (Å²) in [7, 11) is 0. The summed E-state index contributed by atoms with van der Waals surface area (Å²) in [4.78, 5) is 10.5. The summed E-state index contributed by atoms with van der Waals surface area (Å²) in [6, 6.07) is 65.5. The minimum Gasteiger partial charge on any atom is -0.456 e. The molecule has 0 aliphatic heterocycles. The quantitative estimate of drug-likeness (QED) is 0.177. The molecule has 0 amide bonds. The maximum Gasteiger partial charge on any atom is 0.161 e. The summed E-state index contributed by atoms with van der Waals surface area (Å²) in [6.07, 6.45) is 0. The Morgan fingerprint density at radius 2 is 1.00 bits per heavy atom. The van der Waals surface area contributed by atoms with Crippen LogP contribution in [0.3, 0.4) is 0 Å². The highest BCUT2D eigenvalue weighted by atomic mass is 16.3. The highest BCUT2D eigenvalue weighted by molar-refractivity contribution is 6.14. The lowest BCUT2D eigenvalue weighted by molar-refractivity contribution is 0.668. The van der Waals surface area contributed by atoms with Crippen molar-refractivity contribution < 1.29 is 8.83 Å². The molecule has 0 N–H and O–H groups in total. The van der Waals surface area contributed by atoms with Crippen LogP contribution in [0.1, 0.15) is 0 Å². The lowest BCUT2D eigenvalue weighted by Crippen LogP contribution is -1.96. The van der Waals surface area contributed by atoms with Crippen LogP contribution in [-0.2, 0) is 0 Å². The molecule has 0 aliphatic rings. The normalized spacial score (nSPS) is 11.9. The Bertz CT molecular complexity index is 3520. The number of nitrogens with zero attached hydrogens (tertiary/aromatic N) is 3. The van der Waals surface area contributed by atoms with Crippen LogP contribution >= 0.6 is 0 Å². The average Bonchev–Trinajstić information content (AvgIpc) is 3.95. The van der Waals surface area contributed by atoms with Crippen molar-refractivity contribution >= 4 is 65.7 Å². The van der Waals surface area contributed by atoms with E-state index in [9.17, 15) is 0 Å². The van der Waals surface area contributed by atoms with E-state index in [0.717, 1.165) is 88.7 Å². The molecule has 0 unspecified atom stereocenters. The number of benzene rings is 8. The summed E-state index contributed by atoms with van der Waals surface area (Å²) in [5.41, 5.74) is 13.6. The topological polar surface area (TPSA) is 57.0 Å².